The highest BCUT2D eigenvalue weighted by molar-refractivity contribution is 7.89. The molecule has 0 unspecified atom stereocenters. The Morgan fingerprint density at radius 3 is 2.48 bits per heavy atom. The first-order valence-corrected chi connectivity index (χ1v) is 12.5. The summed E-state index contributed by atoms with van der Waals surface area (Å²) in [5.41, 5.74) is 3.90. The second-order valence-electron chi connectivity index (χ2n) is 8.44. The minimum absolute atomic E-state index is 0.0710. The molecule has 6 nitrogen and oxygen atoms in total. The molecule has 2 aromatic rings. The molecule has 0 aromatic heterocycles. The van der Waals surface area contributed by atoms with Gasteiger partial charge in [0.25, 0.3) is 5.91 Å². The fraction of sp³-hybridized carbons (Fsp3) is 0.458. The number of amides is 1. The highest BCUT2D eigenvalue weighted by Crippen LogP contribution is 2.28. The minimum Gasteiger partial charge on any atom is -0.496 e. The molecule has 2 aromatic carbocycles. The molecule has 0 radical (unpaired) electrons. The predicted octanol–water partition coefficient (Wildman–Crippen LogP) is 3.85. The van der Waals surface area contributed by atoms with Crippen LogP contribution in [-0.2, 0) is 22.9 Å². The maximum Gasteiger partial charge on any atom is 0.257 e. The number of ether oxygens (including phenoxy) is 1. The molecule has 1 fully saturated rings. The predicted molar refractivity (Wildman–Crippen MR) is 120 cm³/mol. The topological polar surface area (TPSA) is 75.7 Å². The van der Waals surface area contributed by atoms with Crippen LogP contribution in [0.2, 0.25) is 0 Å². The highest BCUT2D eigenvalue weighted by atomic mass is 32.2. The number of sulfonamides is 1. The Balaban J connectivity index is 1.58. The maximum absolute atomic E-state index is 13.1. The molecule has 0 spiro atoms. The summed E-state index contributed by atoms with van der Waals surface area (Å²) in [4.78, 5) is 14.9. The van der Waals surface area contributed by atoms with Gasteiger partial charge < -0.3 is 9.64 Å². The summed E-state index contributed by atoms with van der Waals surface area (Å²) in [5, 5.41) is 0. The molecule has 2 aliphatic rings. The number of benzene rings is 2. The van der Waals surface area contributed by atoms with Crippen molar-refractivity contribution in [3.8, 4) is 5.75 Å². The molecular weight excluding hydrogens is 412 g/mol. The molecule has 166 valence electrons. The van der Waals surface area contributed by atoms with Gasteiger partial charge in [-0.3, -0.25) is 4.79 Å². The van der Waals surface area contributed by atoms with Gasteiger partial charge in [-0.2, -0.15) is 0 Å². The Kier molecular flexibility index (Phi) is 6.34. The van der Waals surface area contributed by atoms with Crippen molar-refractivity contribution in [2.75, 3.05) is 20.2 Å². The van der Waals surface area contributed by atoms with Crippen LogP contribution in [0.4, 0.5) is 0 Å². The number of rotatable bonds is 6. The standard InChI is InChI=1S/C24H30N2O4S/c1-17(19-10-9-18-7-6-8-20(18)15-19)25-31(28,29)21-11-12-23(30-2)22(16-21)24(27)26-13-4-3-5-14-26/h9-12,15-17,25H,3-8,13-14H2,1-2H3/t17-/m0/s1. The Morgan fingerprint density at radius 2 is 1.74 bits per heavy atom. The van der Waals surface area contributed by atoms with Gasteiger partial charge in [0.1, 0.15) is 5.75 Å². The normalized spacial score (nSPS) is 17.3. The van der Waals surface area contributed by atoms with Crippen molar-refractivity contribution < 1.29 is 17.9 Å². The van der Waals surface area contributed by atoms with E-state index in [1.165, 1.54) is 30.4 Å². The molecule has 0 saturated carbocycles. The second kappa shape index (κ2) is 9.01. The summed E-state index contributed by atoms with van der Waals surface area (Å²) in [6.07, 6.45) is 6.33. The van der Waals surface area contributed by atoms with E-state index in [1.54, 1.807) is 11.0 Å². The highest BCUT2D eigenvalue weighted by Gasteiger charge is 2.26. The molecule has 7 heteroatoms. The molecule has 1 heterocycles. The number of piperidine rings is 1. The molecule has 1 atom stereocenters. The van der Waals surface area contributed by atoms with Crippen LogP contribution >= 0.6 is 0 Å². The van der Waals surface area contributed by atoms with E-state index in [4.69, 9.17) is 4.74 Å². The van der Waals surface area contributed by atoms with Crippen molar-refractivity contribution in [2.45, 2.75) is 56.4 Å². The molecule has 31 heavy (non-hydrogen) atoms. The zero-order valence-electron chi connectivity index (χ0n) is 18.2. The number of hydrogen-bond acceptors (Lipinski definition) is 4. The van der Waals surface area contributed by atoms with Gasteiger partial charge >= 0.3 is 0 Å². The number of likely N-dealkylation sites (tertiary alicyclic amines) is 1. The van der Waals surface area contributed by atoms with E-state index in [0.717, 1.165) is 44.1 Å². The average molecular weight is 443 g/mol. The number of methoxy groups -OCH3 is 1. The summed E-state index contributed by atoms with van der Waals surface area (Å²) in [5.74, 6) is 0.210. The first-order chi connectivity index (χ1) is 14.9. The number of carbonyl (C=O) groups is 1. The van der Waals surface area contributed by atoms with E-state index >= 15 is 0 Å². The average Bonchev–Trinajstić information content (AvgIpc) is 3.26. The van der Waals surface area contributed by atoms with Gasteiger partial charge in [-0.05, 0) is 80.3 Å². The SMILES string of the molecule is COc1ccc(S(=O)(=O)N[C@@H](C)c2ccc3c(c2)CCC3)cc1C(=O)N1CCCCC1. The van der Waals surface area contributed by atoms with Crippen molar-refractivity contribution in [1.82, 2.24) is 9.62 Å². The van der Waals surface area contributed by atoms with E-state index in [-0.39, 0.29) is 22.4 Å². The number of hydrogen-bond donors (Lipinski definition) is 1. The van der Waals surface area contributed by atoms with E-state index in [9.17, 15) is 13.2 Å². The van der Waals surface area contributed by atoms with Crippen LogP contribution < -0.4 is 9.46 Å². The van der Waals surface area contributed by atoms with Crippen LogP contribution in [0.1, 0.15) is 65.7 Å². The lowest BCUT2D eigenvalue weighted by Crippen LogP contribution is -2.36. The van der Waals surface area contributed by atoms with E-state index in [2.05, 4.69) is 16.9 Å². The van der Waals surface area contributed by atoms with Crippen molar-refractivity contribution in [2.24, 2.45) is 0 Å². The third-order valence-corrected chi connectivity index (χ3v) is 7.85. The Labute approximate surface area is 184 Å². The van der Waals surface area contributed by atoms with Crippen LogP contribution in [0.3, 0.4) is 0 Å². The largest absolute Gasteiger partial charge is 0.496 e. The van der Waals surface area contributed by atoms with Crippen LogP contribution in [0.25, 0.3) is 0 Å². The molecule has 1 saturated heterocycles. The number of fused-ring (bicyclic) bond motifs is 1. The fourth-order valence-electron chi connectivity index (χ4n) is 4.52. The Bertz CT molecular complexity index is 1070. The molecule has 1 aliphatic heterocycles. The van der Waals surface area contributed by atoms with Crippen LogP contribution in [0, 0.1) is 0 Å². The van der Waals surface area contributed by atoms with Gasteiger partial charge in [0.2, 0.25) is 10.0 Å². The van der Waals surface area contributed by atoms with Crippen molar-refractivity contribution in [3.05, 3.63) is 58.7 Å². The van der Waals surface area contributed by atoms with Gasteiger partial charge in [0, 0.05) is 19.1 Å². The zero-order chi connectivity index (χ0) is 22.0. The quantitative estimate of drug-likeness (QED) is 0.737. The van der Waals surface area contributed by atoms with Crippen LogP contribution in [0.5, 0.6) is 5.75 Å². The maximum atomic E-state index is 13.1. The lowest BCUT2D eigenvalue weighted by Gasteiger charge is -2.27. The summed E-state index contributed by atoms with van der Waals surface area (Å²) in [7, 11) is -2.32. The third kappa shape index (κ3) is 4.62. The molecule has 1 N–H and O–H groups in total. The third-order valence-electron chi connectivity index (χ3n) is 6.31. The van der Waals surface area contributed by atoms with Crippen molar-refractivity contribution in [3.63, 3.8) is 0 Å². The minimum atomic E-state index is -3.81. The van der Waals surface area contributed by atoms with Gasteiger partial charge in [0.05, 0.1) is 17.6 Å². The lowest BCUT2D eigenvalue weighted by molar-refractivity contribution is 0.0720. The summed E-state index contributed by atoms with van der Waals surface area (Å²) in [6.45, 7) is 3.22. The van der Waals surface area contributed by atoms with Gasteiger partial charge in [-0.25, -0.2) is 13.1 Å². The van der Waals surface area contributed by atoms with Crippen molar-refractivity contribution >= 4 is 15.9 Å². The van der Waals surface area contributed by atoms with E-state index < -0.39 is 10.0 Å². The van der Waals surface area contributed by atoms with Crippen LogP contribution in [0.15, 0.2) is 41.3 Å². The Morgan fingerprint density at radius 1 is 1.00 bits per heavy atom. The van der Waals surface area contributed by atoms with Crippen LogP contribution in [-0.4, -0.2) is 39.4 Å². The fourth-order valence-corrected chi connectivity index (χ4v) is 5.78. The van der Waals surface area contributed by atoms with Crippen molar-refractivity contribution in [1.29, 1.82) is 0 Å². The van der Waals surface area contributed by atoms with E-state index in [1.807, 2.05) is 13.0 Å². The zero-order valence-corrected chi connectivity index (χ0v) is 19.0. The molecular formula is C24H30N2O4S. The summed E-state index contributed by atoms with van der Waals surface area (Å²) < 4.78 is 34.4. The number of nitrogens with one attached hydrogen (secondary N) is 1. The first-order valence-electron chi connectivity index (χ1n) is 11.0. The summed E-state index contributed by atoms with van der Waals surface area (Å²) >= 11 is 0. The Hall–Kier alpha value is -2.38. The number of carbonyl (C=O) groups excluding carboxylic acids is 1. The smallest absolute Gasteiger partial charge is 0.257 e. The lowest BCUT2D eigenvalue weighted by atomic mass is 10.0. The first kappa shape index (κ1) is 21.8. The van der Waals surface area contributed by atoms with Gasteiger partial charge in [-0.1, -0.05) is 18.2 Å². The van der Waals surface area contributed by atoms with Gasteiger partial charge in [0.15, 0.2) is 0 Å². The molecule has 1 aliphatic carbocycles. The molecule has 0 bridgehead atoms. The molecule has 4 rings (SSSR count). The second-order valence-corrected chi connectivity index (χ2v) is 10.2. The number of nitrogens with zero attached hydrogens (tertiary/aromatic N) is 1. The van der Waals surface area contributed by atoms with Gasteiger partial charge in [-0.15, -0.1) is 0 Å². The summed E-state index contributed by atoms with van der Waals surface area (Å²) in [6, 6.07) is 10.3. The monoisotopic (exact) mass is 442 g/mol. The van der Waals surface area contributed by atoms with E-state index in [0.29, 0.717) is 18.8 Å². The molecule has 1 amide bonds. The number of aryl methyl sites for hydroxylation is 2.